The molecule has 2 N–H and O–H groups in total. The molecule has 6 heteroatoms. The lowest BCUT2D eigenvalue weighted by molar-refractivity contribution is -0.142. The van der Waals surface area contributed by atoms with Gasteiger partial charge >= 0.3 is 5.97 Å². The van der Waals surface area contributed by atoms with Crippen LogP contribution in [0.3, 0.4) is 0 Å². The van der Waals surface area contributed by atoms with Crippen molar-refractivity contribution in [3.8, 4) is 0 Å². The van der Waals surface area contributed by atoms with Gasteiger partial charge in [-0.25, -0.2) is 4.79 Å². The highest BCUT2D eigenvalue weighted by Gasteiger charge is 2.22. The van der Waals surface area contributed by atoms with Crippen LogP contribution in [0.2, 0.25) is 0 Å². The summed E-state index contributed by atoms with van der Waals surface area (Å²) < 4.78 is 0.980. The maximum atomic E-state index is 11.6. The first kappa shape index (κ1) is 14.9. The van der Waals surface area contributed by atoms with E-state index in [9.17, 15) is 9.59 Å². The van der Waals surface area contributed by atoms with Gasteiger partial charge in [-0.3, -0.25) is 4.79 Å². The molecule has 0 aliphatic carbocycles. The molecular formula is C12H14BrNO3S. The topological polar surface area (TPSA) is 66.4 Å². The molecule has 1 rings (SSSR count). The molecule has 0 saturated carbocycles. The molecule has 1 heterocycles. The van der Waals surface area contributed by atoms with Crippen LogP contribution in [0.1, 0.15) is 18.7 Å². The number of nitrogens with one attached hydrogen (secondary N) is 1. The van der Waals surface area contributed by atoms with Crippen molar-refractivity contribution in [3.05, 3.63) is 26.9 Å². The summed E-state index contributed by atoms with van der Waals surface area (Å²) in [6, 6.07) is 2.89. The third kappa shape index (κ3) is 4.62. The molecule has 98 valence electrons. The number of carboxylic acid groups (broad SMARTS) is 1. The van der Waals surface area contributed by atoms with Crippen molar-refractivity contribution < 1.29 is 14.7 Å². The summed E-state index contributed by atoms with van der Waals surface area (Å²) in [4.78, 5) is 23.4. The van der Waals surface area contributed by atoms with E-state index in [2.05, 4.69) is 21.2 Å². The number of carbonyl (C=O) groups excluding carboxylic acids is 1. The summed E-state index contributed by atoms with van der Waals surface area (Å²) in [7, 11) is 0. The number of halogens is 1. The summed E-state index contributed by atoms with van der Waals surface area (Å²) in [5.74, 6) is -1.58. The molecule has 18 heavy (non-hydrogen) atoms. The maximum absolute atomic E-state index is 11.6. The SMILES string of the molecule is CC(C)[C@H](NC(=O)/C=C/c1ccc(Br)s1)C(=O)O. The molecule has 1 aromatic rings. The molecule has 0 spiro atoms. The Kier molecular flexibility index (Phi) is 5.55. The molecule has 0 aromatic carbocycles. The first-order chi connectivity index (χ1) is 8.40. The van der Waals surface area contributed by atoms with E-state index in [1.54, 1.807) is 19.9 Å². The number of thiophene rings is 1. The van der Waals surface area contributed by atoms with E-state index >= 15 is 0 Å². The minimum atomic E-state index is -1.02. The lowest BCUT2D eigenvalue weighted by atomic mass is 10.0. The largest absolute Gasteiger partial charge is 0.480 e. The third-order valence-electron chi connectivity index (χ3n) is 2.22. The standard InChI is InChI=1S/C12H14BrNO3S/c1-7(2)11(12(16)17)14-10(15)6-4-8-3-5-9(13)18-8/h3-7,11H,1-2H3,(H,14,15)(H,16,17)/b6-4+/t11-/m0/s1. The van der Waals surface area contributed by atoms with Crippen LogP contribution in [0.5, 0.6) is 0 Å². The zero-order valence-corrected chi connectivity index (χ0v) is 12.4. The molecule has 0 unspecified atom stereocenters. The second kappa shape index (κ2) is 6.70. The Balaban J connectivity index is 2.60. The first-order valence-electron chi connectivity index (χ1n) is 5.37. The van der Waals surface area contributed by atoms with Gasteiger partial charge in [0.15, 0.2) is 0 Å². The molecule has 0 aliphatic heterocycles. The lowest BCUT2D eigenvalue weighted by Crippen LogP contribution is -2.43. The number of rotatable bonds is 5. The second-order valence-electron chi connectivity index (χ2n) is 4.04. The lowest BCUT2D eigenvalue weighted by Gasteiger charge is -2.16. The van der Waals surface area contributed by atoms with Crippen LogP contribution in [-0.4, -0.2) is 23.0 Å². The van der Waals surface area contributed by atoms with Crippen molar-refractivity contribution >= 4 is 45.2 Å². The zero-order chi connectivity index (χ0) is 13.7. The van der Waals surface area contributed by atoms with Gasteiger partial charge in [0.05, 0.1) is 3.79 Å². The van der Waals surface area contributed by atoms with Crippen LogP contribution < -0.4 is 5.32 Å². The minimum Gasteiger partial charge on any atom is -0.480 e. The normalized spacial score (nSPS) is 12.9. The van der Waals surface area contributed by atoms with Crippen molar-refractivity contribution in [3.63, 3.8) is 0 Å². The van der Waals surface area contributed by atoms with E-state index in [-0.39, 0.29) is 5.92 Å². The van der Waals surface area contributed by atoms with Gasteiger partial charge in [0.25, 0.3) is 0 Å². The van der Waals surface area contributed by atoms with E-state index < -0.39 is 17.9 Å². The first-order valence-corrected chi connectivity index (χ1v) is 6.98. The van der Waals surface area contributed by atoms with Gasteiger partial charge in [-0.05, 0) is 40.1 Å². The fourth-order valence-corrected chi connectivity index (χ4v) is 2.62. The fraction of sp³-hybridized carbons (Fsp3) is 0.333. The van der Waals surface area contributed by atoms with Crippen molar-refractivity contribution in [2.24, 2.45) is 5.92 Å². The number of aliphatic carboxylic acids is 1. The summed E-state index contributed by atoms with van der Waals surface area (Å²) >= 11 is 4.82. The van der Waals surface area contributed by atoms with Gasteiger partial charge in [0, 0.05) is 11.0 Å². The highest BCUT2D eigenvalue weighted by Crippen LogP contribution is 2.22. The summed E-state index contributed by atoms with van der Waals surface area (Å²) in [6.07, 6.45) is 3.00. The Morgan fingerprint density at radius 2 is 2.11 bits per heavy atom. The highest BCUT2D eigenvalue weighted by molar-refractivity contribution is 9.11. The van der Waals surface area contributed by atoms with Crippen LogP contribution in [0.4, 0.5) is 0 Å². The summed E-state index contributed by atoms with van der Waals surface area (Å²) in [6.45, 7) is 3.50. The van der Waals surface area contributed by atoms with Gasteiger partial charge < -0.3 is 10.4 Å². The molecule has 0 saturated heterocycles. The van der Waals surface area contributed by atoms with E-state index in [0.29, 0.717) is 0 Å². The van der Waals surface area contributed by atoms with Crippen LogP contribution in [0.15, 0.2) is 22.0 Å². The number of hydrogen-bond acceptors (Lipinski definition) is 3. The smallest absolute Gasteiger partial charge is 0.326 e. The molecule has 0 aliphatic rings. The quantitative estimate of drug-likeness (QED) is 0.815. The zero-order valence-electron chi connectivity index (χ0n) is 10.0. The molecule has 4 nitrogen and oxygen atoms in total. The summed E-state index contributed by atoms with van der Waals surface area (Å²) in [5.41, 5.74) is 0. The van der Waals surface area contributed by atoms with Gasteiger partial charge in [0.2, 0.25) is 5.91 Å². The van der Waals surface area contributed by atoms with E-state index in [4.69, 9.17) is 5.11 Å². The predicted octanol–water partition coefficient (Wildman–Crippen LogP) is 2.75. The van der Waals surface area contributed by atoms with E-state index in [1.807, 2.05) is 12.1 Å². The molecular weight excluding hydrogens is 318 g/mol. The number of amides is 1. The molecule has 1 atom stereocenters. The van der Waals surface area contributed by atoms with Gasteiger partial charge in [-0.15, -0.1) is 11.3 Å². The summed E-state index contributed by atoms with van der Waals surface area (Å²) in [5, 5.41) is 11.4. The van der Waals surface area contributed by atoms with Crippen LogP contribution in [0.25, 0.3) is 6.08 Å². The van der Waals surface area contributed by atoms with Crippen LogP contribution >= 0.6 is 27.3 Å². The average Bonchev–Trinajstić information content (AvgIpc) is 2.68. The van der Waals surface area contributed by atoms with Crippen LogP contribution in [0, 0.1) is 5.92 Å². The Hall–Kier alpha value is -1.14. The van der Waals surface area contributed by atoms with Crippen molar-refractivity contribution in [1.29, 1.82) is 0 Å². The molecule has 1 amide bonds. The van der Waals surface area contributed by atoms with E-state index in [1.165, 1.54) is 17.4 Å². The third-order valence-corrected chi connectivity index (χ3v) is 3.81. The second-order valence-corrected chi connectivity index (χ2v) is 6.54. The Bertz CT molecular complexity index is 468. The van der Waals surface area contributed by atoms with Crippen LogP contribution in [-0.2, 0) is 9.59 Å². The van der Waals surface area contributed by atoms with E-state index in [0.717, 1.165) is 8.66 Å². The Morgan fingerprint density at radius 1 is 1.44 bits per heavy atom. The number of carboxylic acids is 1. The predicted molar refractivity (Wildman–Crippen MR) is 75.5 cm³/mol. The molecule has 0 radical (unpaired) electrons. The maximum Gasteiger partial charge on any atom is 0.326 e. The molecule has 1 aromatic heterocycles. The fourth-order valence-electron chi connectivity index (χ4n) is 1.29. The van der Waals surface area contributed by atoms with Crippen molar-refractivity contribution in [1.82, 2.24) is 5.32 Å². The van der Waals surface area contributed by atoms with Gasteiger partial charge in [-0.1, -0.05) is 13.8 Å². The Morgan fingerprint density at radius 3 is 2.56 bits per heavy atom. The number of hydrogen-bond donors (Lipinski definition) is 2. The monoisotopic (exact) mass is 331 g/mol. The van der Waals surface area contributed by atoms with Crippen molar-refractivity contribution in [2.45, 2.75) is 19.9 Å². The number of carbonyl (C=O) groups is 2. The van der Waals surface area contributed by atoms with Gasteiger partial charge in [-0.2, -0.15) is 0 Å². The average molecular weight is 332 g/mol. The molecule has 0 fully saturated rings. The Labute approximate surface area is 118 Å². The van der Waals surface area contributed by atoms with Gasteiger partial charge in [0.1, 0.15) is 6.04 Å². The van der Waals surface area contributed by atoms with Crippen molar-refractivity contribution in [2.75, 3.05) is 0 Å². The highest BCUT2D eigenvalue weighted by atomic mass is 79.9. The minimum absolute atomic E-state index is 0.157. The molecule has 0 bridgehead atoms.